The van der Waals surface area contributed by atoms with Crippen LogP contribution in [0.2, 0.25) is 0 Å². The van der Waals surface area contributed by atoms with Gasteiger partial charge in [0.1, 0.15) is 0 Å². The zero-order valence-electron chi connectivity index (χ0n) is 10.7. The number of esters is 1. The molecule has 98 valence electrons. The maximum Gasteiger partial charge on any atom is 0.320 e. The van der Waals surface area contributed by atoms with Gasteiger partial charge in [-0.25, -0.2) is 0 Å². The summed E-state index contributed by atoms with van der Waals surface area (Å²) in [5, 5.41) is 2.86. The summed E-state index contributed by atoms with van der Waals surface area (Å²) in [7, 11) is 0. The Morgan fingerprint density at radius 3 is 2.88 bits per heavy atom. The van der Waals surface area contributed by atoms with Crippen LogP contribution < -0.4 is 5.32 Å². The molecule has 1 amide bonds. The molecule has 1 heterocycles. The summed E-state index contributed by atoms with van der Waals surface area (Å²) in [6, 6.07) is 0.177. The van der Waals surface area contributed by atoms with Gasteiger partial charge in [0.15, 0.2) is 0 Å². The molecule has 1 aliphatic rings. The third-order valence-electron chi connectivity index (χ3n) is 2.79. The fourth-order valence-electron chi connectivity index (χ4n) is 1.94. The van der Waals surface area contributed by atoms with Gasteiger partial charge in [-0.05, 0) is 12.8 Å². The average molecular weight is 242 g/mol. The molecule has 1 rings (SSSR count). The van der Waals surface area contributed by atoms with Crippen molar-refractivity contribution in [3.63, 3.8) is 0 Å². The molecule has 0 saturated carbocycles. The van der Waals surface area contributed by atoms with Crippen molar-refractivity contribution in [2.24, 2.45) is 0 Å². The van der Waals surface area contributed by atoms with E-state index in [0.29, 0.717) is 13.2 Å². The fourth-order valence-corrected chi connectivity index (χ4v) is 1.94. The predicted octanol–water partition coefficient (Wildman–Crippen LogP) is 0.540. The third kappa shape index (κ3) is 5.68. The zero-order chi connectivity index (χ0) is 12.7. The van der Waals surface area contributed by atoms with E-state index < -0.39 is 0 Å². The van der Waals surface area contributed by atoms with Gasteiger partial charge in [-0.2, -0.15) is 0 Å². The smallest absolute Gasteiger partial charge is 0.320 e. The fraction of sp³-hybridized carbons (Fsp3) is 0.833. The second-order valence-electron chi connectivity index (χ2n) is 4.50. The Labute approximate surface area is 102 Å². The van der Waals surface area contributed by atoms with Crippen molar-refractivity contribution in [3.05, 3.63) is 0 Å². The van der Waals surface area contributed by atoms with Gasteiger partial charge in [0, 0.05) is 26.1 Å². The topological polar surface area (TPSA) is 58.6 Å². The minimum atomic E-state index is -0.165. The number of nitrogens with one attached hydrogen (secondary N) is 1. The van der Waals surface area contributed by atoms with E-state index in [1.807, 2.05) is 4.90 Å². The first-order chi connectivity index (χ1) is 8.11. The molecule has 0 bridgehead atoms. The second kappa shape index (κ2) is 7.27. The van der Waals surface area contributed by atoms with E-state index in [1.54, 1.807) is 0 Å². The first-order valence-corrected chi connectivity index (χ1v) is 6.27. The van der Waals surface area contributed by atoms with E-state index in [9.17, 15) is 9.59 Å². The lowest BCUT2D eigenvalue weighted by Gasteiger charge is -2.15. The third-order valence-corrected chi connectivity index (χ3v) is 2.79. The van der Waals surface area contributed by atoms with E-state index in [2.05, 4.69) is 12.2 Å². The minimum absolute atomic E-state index is 0.0117. The van der Waals surface area contributed by atoms with Crippen molar-refractivity contribution < 1.29 is 14.3 Å². The highest BCUT2D eigenvalue weighted by atomic mass is 16.5. The van der Waals surface area contributed by atoms with Crippen LogP contribution in [0, 0.1) is 0 Å². The lowest BCUT2D eigenvalue weighted by molar-refractivity contribution is -0.144. The van der Waals surface area contributed by atoms with Gasteiger partial charge in [0.05, 0.1) is 13.2 Å². The monoisotopic (exact) mass is 242 g/mol. The number of nitrogens with zero attached hydrogens (tertiary/aromatic N) is 1. The van der Waals surface area contributed by atoms with E-state index in [4.69, 9.17) is 4.74 Å². The Bertz CT molecular complexity index is 268. The normalized spacial score (nSPS) is 20.2. The maximum absolute atomic E-state index is 11.5. The highest BCUT2D eigenvalue weighted by Crippen LogP contribution is 2.08. The Morgan fingerprint density at radius 1 is 1.47 bits per heavy atom. The van der Waals surface area contributed by atoms with Crippen molar-refractivity contribution in [1.29, 1.82) is 0 Å². The quantitative estimate of drug-likeness (QED) is 0.545. The molecular formula is C12H22N2O3. The molecule has 0 aromatic heterocycles. The number of carbonyl (C=O) groups is 2. The van der Waals surface area contributed by atoms with Crippen LogP contribution in [-0.2, 0) is 14.3 Å². The summed E-state index contributed by atoms with van der Waals surface area (Å²) >= 11 is 0. The van der Waals surface area contributed by atoms with Gasteiger partial charge in [-0.3, -0.25) is 14.5 Å². The Balaban J connectivity index is 2.16. The van der Waals surface area contributed by atoms with Gasteiger partial charge in [0.2, 0.25) is 5.91 Å². The van der Waals surface area contributed by atoms with Crippen LogP contribution in [0.5, 0.6) is 0 Å². The average Bonchev–Trinajstić information content (AvgIpc) is 2.64. The van der Waals surface area contributed by atoms with Crippen molar-refractivity contribution in [1.82, 2.24) is 10.2 Å². The molecule has 17 heavy (non-hydrogen) atoms. The zero-order valence-corrected chi connectivity index (χ0v) is 10.7. The summed E-state index contributed by atoms with van der Waals surface area (Å²) < 4.78 is 5.09. The van der Waals surface area contributed by atoms with Crippen molar-refractivity contribution in [3.8, 4) is 0 Å². The molecule has 1 aliphatic heterocycles. The molecule has 0 aromatic rings. The van der Waals surface area contributed by atoms with Gasteiger partial charge in [-0.1, -0.05) is 13.3 Å². The number of rotatable bonds is 6. The van der Waals surface area contributed by atoms with Crippen molar-refractivity contribution in [2.45, 2.75) is 39.2 Å². The molecule has 5 heteroatoms. The maximum atomic E-state index is 11.5. The van der Waals surface area contributed by atoms with Crippen LogP contribution in [0.25, 0.3) is 0 Å². The van der Waals surface area contributed by atoms with Gasteiger partial charge in [-0.15, -0.1) is 0 Å². The van der Waals surface area contributed by atoms with Crippen LogP contribution in [-0.4, -0.2) is 49.1 Å². The summed E-state index contributed by atoms with van der Waals surface area (Å²) in [4.78, 5) is 24.4. The molecule has 1 atom stereocenters. The predicted molar refractivity (Wildman–Crippen MR) is 64.5 cm³/mol. The lowest BCUT2D eigenvalue weighted by Crippen LogP contribution is -2.37. The summed E-state index contributed by atoms with van der Waals surface area (Å²) in [5.41, 5.74) is 0. The molecule has 1 N–H and O–H groups in total. The second-order valence-corrected chi connectivity index (χ2v) is 4.50. The SMILES string of the molecule is CCCCOC(=O)CN1CCC(NC(C)=O)C1. The number of unbranched alkanes of at least 4 members (excludes halogenated alkanes) is 1. The van der Waals surface area contributed by atoms with Gasteiger partial charge in [0.25, 0.3) is 0 Å². The standard InChI is InChI=1S/C12H22N2O3/c1-3-4-7-17-12(16)9-14-6-5-11(8-14)13-10(2)15/h11H,3-9H2,1-2H3,(H,13,15). The van der Waals surface area contributed by atoms with Crippen molar-refractivity contribution in [2.75, 3.05) is 26.2 Å². The van der Waals surface area contributed by atoms with E-state index in [1.165, 1.54) is 6.92 Å². The molecule has 5 nitrogen and oxygen atoms in total. The lowest BCUT2D eigenvalue weighted by atomic mass is 10.3. The molecule has 1 saturated heterocycles. The van der Waals surface area contributed by atoms with E-state index in [0.717, 1.165) is 32.4 Å². The number of carbonyl (C=O) groups excluding carboxylic acids is 2. The molecule has 0 spiro atoms. The molecular weight excluding hydrogens is 220 g/mol. The van der Waals surface area contributed by atoms with Crippen LogP contribution in [0.15, 0.2) is 0 Å². The molecule has 0 aromatic carbocycles. The number of ether oxygens (including phenoxy) is 1. The Morgan fingerprint density at radius 2 is 2.24 bits per heavy atom. The van der Waals surface area contributed by atoms with Crippen LogP contribution >= 0.6 is 0 Å². The van der Waals surface area contributed by atoms with E-state index in [-0.39, 0.29) is 17.9 Å². The largest absolute Gasteiger partial charge is 0.465 e. The molecule has 0 radical (unpaired) electrons. The first kappa shape index (κ1) is 14.0. The van der Waals surface area contributed by atoms with Crippen LogP contribution in [0.4, 0.5) is 0 Å². The highest BCUT2D eigenvalue weighted by molar-refractivity contribution is 5.73. The van der Waals surface area contributed by atoms with E-state index >= 15 is 0 Å². The van der Waals surface area contributed by atoms with Gasteiger partial charge < -0.3 is 10.1 Å². The minimum Gasteiger partial charge on any atom is -0.465 e. The van der Waals surface area contributed by atoms with Crippen molar-refractivity contribution >= 4 is 11.9 Å². The molecule has 1 fully saturated rings. The Kier molecular flexibility index (Phi) is 5.97. The summed E-state index contributed by atoms with van der Waals surface area (Å²) in [5.74, 6) is -0.177. The highest BCUT2D eigenvalue weighted by Gasteiger charge is 2.24. The molecule has 0 aliphatic carbocycles. The summed E-state index contributed by atoms with van der Waals surface area (Å²) in [6.07, 6.45) is 2.85. The molecule has 1 unspecified atom stereocenters. The number of likely N-dealkylation sites (tertiary alicyclic amines) is 1. The van der Waals surface area contributed by atoms with Crippen LogP contribution in [0.1, 0.15) is 33.1 Å². The first-order valence-electron chi connectivity index (χ1n) is 6.27. The van der Waals surface area contributed by atoms with Gasteiger partial charge >= 0.3 is 5.97 Å². The van der Waals surface area contributed by atoms with Crippen LogP contribution in [0.3, 0.4) is 0 Å². The summed E-state index contributed by atoms with van der Waals surface area (Å²) in [6.45, 7) is 6.00. The number of hydrogen-bond donors (Lipinski definition) is 1. The number of amides is 1. The Hall–Kier alpha value is -1.10. The number of hydrogen-bond acceptors (Lipinski definition) is 4.